The van der Waals surface area contributed by atoms with Crippen molar-refractivity contribution in [3.8, 4) is 0 Å². The molecule has 132 valence electrons. The van der Waals surface area contributed by atoms with Crippen LogP contribution in [0, 0.1) is 0 Å². The average molecular weight is 409 g/mol. The predicted molar refractivity (Wildman–Crippen MR) is 109 cm³/mol. The Morgan fingerprint density at radius 3 is 2.54 bits per heavy atom. The van der Waals surface area contributed by atoms with Crippen molar-refractivity contribution in [2.45, 2.75) is 64.3 Å². The highest BCUT2D eigenvalue weighted by Gasteiger charge is 2.40. The van der Waals surface area contributed by atoms with Crippen LogP contribution in [0.15, 0.2) is 45.8 Å². The zero-order valence-electron chi connectivity index (χ0n) is 15.5. The average Bonchev–Trinajstić information content (AvgIpc) is 2.88. The lowest BCUT2D eigenvalue weighted by Gasteiger charge is -2.38. The molecule has 1 heterocycles. The standard InChI is InChI=1S/C20H29BrO2Si/c1-15(21)10-9-13-18(23-24(5,6)20(2,3)4)19-14-16-11-7-8-12-17(16)22-19/h7-8,11-12,14,18H,1,9-10,13H2,2-6H3. The van der Waals surface area contributed by atoms with Crippen LogP contribution in [0.2, 0.25) is 18.1 Å². The van der Waals surface area contributed by atoms with Crippen molar-refractivity contribution in [1.82, 2.24) is 0 Å². The van der Waals surface area contributed by atoms with E-state index in [1.165, 1.54) is 0 Å². The van der Waals surface area contributed by atoms with Gasteiger partial charge in [-0.3, -0.25) is 0 Å². The molecule has 0 radical (unpaired) electrons. The van der Waals surface area contributed by atoms with Gasteiger partial charge in [-0.15, -0.1) is 0 Å². The molecule has 1 aromatic heterocycles. The first-order valence-corrected chi connectivity index (χ1v) is 12.3. The first kappa shape index (κ1) is 19.5. The zero-order chi connectivity index (χ0) is 18.0. The molecule has 0 amide bonds. The second kappa shape index (κ2) is 7.59. The summed E-state index contributed by atoms with van der Waals surface area (Å²) in [5, 5.41) is 1.32. The number of benzene rings is 1. The smallest absolute Gasteiger partial charge is 0.193 e. The highest BCUT2D eigenvalue weighted by molar-refractivity contribution is 9.11. The molecule has 0 aliphatic carbocycles. The fourth-order valence-corrected chi connectivity index (χ4v) is 4.01. The summed E-state index contributed by atoms with van der Waals surface area (Å²) in [5.41, 5.74) is 0.932. The Labute approximate surface area is 155 Å². The summed E-state index contributed by atoms with van der Waals surface area (Å²) in [5.74, 6) is 0.946. The molecule has 24 heavy (non-hydrogen) atoms. The monoisotopic (exact) mass is 408 g/mol. The van der Waals surface area contributed by atoms with Crippen molar-refractivity contribution in [3.05, 3.63) is 47.2 Å². The number of furan rings is 1. The van der Waals surface area contributed by atoms with Crippen molar-refractivity contribution in [3.63, 3.8) is 0 Å². The maximum absolute atomic E-state index is 6.70. The van der Waals surface area contributed by atoms with Crippen LogP contribution in [0.1, 0.15) is 51.9 Å². The molecule has 0 saturated carbocycles. The fraction of sp³-hybridized carbons (Fsp3) is 0.500. The third-order valence-electron chi connectivity index (χ3n) is 4.92. The fourth-order valence-electron chi connectivity index (χ4n) is 2.43. The van der Waals surface area contributed by atoms with Gasteiger partial charge in [-0.05, 0) is 54.0 Å². The van der Waals surface area contributed by atoms with E-state index in [0.717, 1.165) is 40.5 Å². The Hall–Kier alpha value is -0.843. The topological polar surface area (TPSA) is 22.4 Å². The summed E-state index contributed by atoms with van der Waals surface area (Å²) in [4.78, 5) is 0. The highest BCUT2D eigenvalue weighted by atomic mass is 79.9. The van der Waals surface area contributed by atoms with Crippen LogP contribution in [0.3, 0.4) is 0 Å². The normalized spacial score (nSPS) is 14.1. The number of hydrogen-bond donors (Lipinski definition) is 0. The molecule has 0 saturated heterocycles. The van der Waals surface area contributed by atoms with Gasteiger partial charge in [0.15, 0.2) is 8.32 Å². The number of allylic oxidation sites excluding steroid dienone is 1. The van der Waals surface area contributed by atoms with E-state index in [9.17, 15) is 0 Å². The van der Waals surface area contributed by atoms with Gasteiger partial charge in [-0.2, -0.15) is 0 Å². The summed E-state index contributed by atoms with van der Waals surface area (Å²) in [7, 11) is -1.87. The molecule has 1 atom stereocenters. The van der Waals surface area contributed by atoms with E-state index >= 15 is 0 Å². The summed E-state index contributed by atoms with van der Waals surface area (Å²) in [6, 6.07) is 10.3. The molecular weight excluding hydrogens is 380 g/mol. The van der Waals surface area contributed by atoms with E-state index in [1.54, 1.807) is 0 Å². The van der Waals surface area contributed by atoms with Gasteiger partial charge in [0, 0.05) is 5.39 Å². The van der Waals surface area contributed by atoms with E-state index < -0.39 is 8.32 Å². The lowest BCUT2D eigenvalue weighted by molar-refractivity contribution is 0.148. The molecule has 2 rings (SSSR count). The van der Waals surface area contributed by atoms with Crippen molar-refractivity contribution in [2.24, 2.45) is 0 Å². The molecule has 0 spiro atoms. The SMILES string of the molecule is C=C(Br)CCCC(O[Si](C)(C)C(C)(C)C)c1cc2ccccc2o1. The first-order chi connectivity index (χ1) is 11.1. The number of para-hydroxylation sites is 1. The molecule has 0 aliphatic rings. The van der Waals surface area contributed by atoms with Gasteiger partial charge in [0.2, 0.25) is 0 Å². The summed E-state index contributed by atoms with van der Waals surface area (Å²) < 4.78 is 13.8. The minimum absolute atomic E-state index is 0.00476. The Morgan fingerprint density at radius 2 is 1.96 bits per heavy atom. The second-order valence-electron chi connectivity index (χ2n) is 7.96. The van der Waals surface area contributed by atoms with Crippen molar-refractivity contribution in [2.75, 3.05) is 0 Å². The molecule has 0 fully saturated rings. The van der Waals surface area contributed by atoms with Gasteiger partial charge >= 0.3 is 0 Å². The molecule has 1 unspecified atom stereocenters. The van der Waals surface area contributed by atoms with Crippen molar-refractivity contribution < 1.29 is 8.84 Å². The Kier molecular flexibility index (Phi) is 6.16. The van der Waals surface area contributed by atoms with Gasteiger partial charge in [-0.25, -0.2) is 0 Å². The van der Waals surface area contributed by atoms with E-state index in [-0.39, 0.29) is 11.1 Å². The van der Waals surface area contributed by atoms with Gasteiger partial charge in [0.05, 0.1) is 0 Å². The minimum atomic E-state index is -1.87. The quantitative estimate of drug-likeness (QED) is 0.440. The van der Waals surface area contributed by atoms with Gasteiger partial charge in [0.25, 0.3) is 0 Å². The summed E-state index contributed by atoms with van der Waals surface area (Å²) in [6.07, 6.45) is 2.93. The Morgan fingerprint density at radius 1 is 1.29 bits per heavy atom. The van der Waals surface area contributed by atoms with Crippen molar-refractivity contribution in [1.29, 1.82) is 0 Å². The predicted octanol–water partition coefficient (Wildman–Crippen LogP) is 7.57. The van der Waals surface area contributed by atoms with Gasteiger partial charge < -0.3 is 8.84 Å². The highest BCUT2D eigenvalue weighted by Crippen LogP contribution is 2.41. The molecule has 1 aromatic carbocycles. The zero-order valence-corrected chi connectivity index (χ0v) is 18.1. The van der Waals surface area contributed by atoms with Crippen LogP contribution >= 0.6 is 15.9 Å². The lowest BCUT2D eigenvalue weighted by Crippen LogP contribution is -2.41. The Bertz CT molecular complexity index is 664. The molecule has 0 aliphatic heterocycles. The molecule has 0 bridgehead atoms. The first-order valence-electron chi connectivity index (χ1n) is 8.60. The summed E-state index contributed by atoms with van der Waals surface area (Å²) >= 11 is 3.45. The molecular formula is C20H29BrO2Si. The van der Waals surface area contributed by atoms with Crippen molar-refractivity contribution >= 4 is 35.2 Å². The Balaban J connectivity index is 2.26. The molecule has 0 N–H and O–H groups in total. The van der Waals surface area contributed by atoms with E-state index in [0.29, 0.717) is 0 Å². The lowest BCUT2D eigenvalue weighted by atomic mass is 10.1. The number of hydrogen-bond acceptors (Lipinski definition) is 2. The van der Waals surface area contributed by atoms with Crippen LogP contribution < -0.4 is 0 Å². The third kappa shape index (κ3) is 4.84. The second-order valence-corrected chi connectivity index (χ2v) is 13.8. The van der Waals surface area contributed by atoms with Gasteiger partial charge in [0.1, 0.15) is 17.4 Å². The largest absolute Gasteiger partial charge is 0.458 e. The third-order valence-corrected chi connectivity index (χ3v) is 9.80. The van der Waals surface area contributed by atoms with E-state index in [4.69, 9.17) is 8.84 Å². The number of halogens is 1. The van der Waals surface area contributed by atoms with Crippen LogP contribution in [0.5, 0.6) is 0 Å². The maximum atomic E-state index is 6.70. The molecule has 2 nitrogen and oxygen atoms in total. The summed E-state index contributed by atoms with van der Waals surface area (Å²) in [6.45, 7) is 15.3. The van der Waals surface area contributed by atoms with Crippen LogP contribution in [0.4, 0.5) is 0 Å². The van der Waals surface area contributed by atoms with E-state index in [2.05, 4.69) is 68.5 Å². The van der Waals surface area contributed by atoms with Crippen LogP contribution in [0.25, 0.3) is 11.0 Å². The van der Waals surface area contributed by atoms with Crippen LogP contribution in [-0.2, 0) is 4.43 Å². The minimum Gasteiger partial charge on any atom is -0.458 e. The van der Waals surface area contributed by atoms with Gasteiger partial charge in [-0.1, -0.05) is 61.5 Å². The number of rotatable bonds is 7. The van der Waals surface area contributed by atoms with E-state index in [1.807, 2.05) is 18.2 Å². The van der Waals surface area contributed by atoms with Crippen LogP contribution in [-0.4, -0.2) is 8.32 Å². The number of fused-ring (bicyclic) bond motifs is 1. The molecule has 4 heteroatoms. The maximum Gasteiger partial charge on any atom is 0.193 e. The molecule has 2 aromatic rings.